The summed E-state index contributed by atoms with van der Waals surface area (Å²) in [7, 11) is 0. The lowest BCUT2D eigenvalue weighted by molar-refractivity contribution is 0.165. The highest BCUT2D eigenvalue weighted by Crippen LogP contribution is 2.43. The number of nitrogens with zero attached hydrogens (tertiary/aromatic N) is 2. The van der Waals surface area contributed by atoms with Crippen molar-refractivity contribution in [2.75, 3.05) is 6.54 Å². The van der Waals surface area contributed by atoms with E-state index in [1.165, 1.54) is 51.4 Å². The van der Waals surface area contributed by atoms with Gasteiger partial charge in [0.25, 0.3) is 0 Å². The Morgan fingerprint density at radius 2 is 2.12 bits per heavy atom. The van der Waals surface area contributed by atoms with Crippen molar-refractivity contribution >= 4 is 5.96 Å². The largest absolute Gasteiger partial charge is 0.370 e. The topological polar surface area (TPSA) is 41.6 Å². The van der Waals surface area contributed by atoms with Crippen molar-refractivity contribution < 1.29 is 0 Å². The van der Waals surface area contributed by atoms with Crippen LogP contribution in [0.25, 0.3) is 0 Å². The molecule has 2 atom stereocenters. The molecule has 2 fully saturated rings. The van der Waals surface area contributed by atoms with Crippen LogP contribution in [0.15, 0.2) is 4.99 Å². The second kappa shape index (κ2) is 4.18. The van der Waals surface area contributed by atoms with Gasteiger partial charge in [0.1, 0.15) is 0 Å². The van der Waals surface area contributed by atoms with E-state index in [-0.39, 0.29) is 0 Å². The Balaban J connectivity index is 1.76. The molecule has 0 saturated heterocycles. The molecule has 3 aliphatic rings. The average molecular weight is 235 g/mol. The van der Waals surface area contributed by atoms with Crippen molar-refractivity contribution in [3.8, 4) is 0 Å². The number of hydrogen-bond donors (Lipinski definition) is 1. The summed E-state index contributed by atoms with van der Waals surface area (Å²) < 4.78 is 0. The van der Waals surface area contributed by atoms with Gasteiger partial charge in [-0.25, -0.2) is 0 Å². The van der Waals surface area contributed by atoms with E-state index in [0.29, 0.717) is 5.54 Å². The zero-order valence-electron chi connectivity index (χ0n) is 11.0. The molecule has 3 nitrogen and oxygen atoms in total. The van der Waals surface area contributed by atoms with Gasteiger partial charge < -0.3 is 10.6 Å². The summed E-state index contributed by atoms with van der Waals surface area (Å²) in [4.78, 5) is 7.07. The molecule has 2 saturated carbocycles. The van der Waals surface area contributed by atoms with E-state index in [1.807, 2.05) is 0 Å². The van der Waals surface area contributed by atoms with Crippen LogP contribution in [0.3, 0.4) is 0 Å². The molecule has 0 bridgehead atoms. The molecular formula is C14H25N3. The van der Waals surface area contributed by atoms with Gasteiger partial charge in [-0.3, -0.25) is 4.99 Å². The Hall–Kier alpha value is -0.730. The minimum absolute atomic E-state index is 0.315. The molecular weight excluding hydrogens is 210 g/mol. The van der Waals surface area contributed by atoms with Gasteiger partial charge in [-0.2, -0.15) is 0 Å². The van der Waals surface area contributed by atoms with Crippen LogP contribution in [-0.2, 0) is 0 Å². The Morgan fingerprint density at radius 3 is 2.82 bits per heavy atom. The maximum Gasteiger partial charge on any atom is 0.192 e. The number of rotatable bonds is 2. The Morgan fingerprint density at radius 1 is 1.29 bits per heavy atom. The third-order valence-electron chi connectivity index (χ3n) is 5.06. The summed E-state index contributed by atoms with van der Waals surface area (Å²) >= 11 is 0. The molecule has 1 spiro atoms. The molecule has 0 aromatic carbocycles. The van der Waals surface area contributed by atoms with Crippen LogP contribution in [0.2, 0.25) is 0 Å². The van der Waals surface area contributed by atoms with Gasteiger partial charge in [-0.1, -0.05) is 26.2 Å². The predicted molar refractivity (Wildman–Crippen MR) is 70.9 cm³/mol. The Labute approximate surface area is 104 Å². The highest BCUT2D eigenvalue weighted by Gasteiger charge is 2.48. The molecule has 0 aromatic heterocycles. The van der Waals surface area contributed by atoms with Gasteiger partial charge in [0.05, 0.1) is 12.1 Å². The van der Waals surface area contributed by atoms with Crippen LogP contribution in [0, 0.1) is 5.92 Å². The Kier molecular flexibility index (Phi) is 2.80. The van der Waals surface area contributed by atoms with Crippen LogP contribution in [-0.4, -0.2) is 29.0 Å². The van der Waals surface area contributed by atoms with Gasteiger partial charge in [0, 0.05) is 6.04 Å². The minimum atomic E-state index is 0.315. The first-order valence-corrected chi connectivity index (χ1v) is 7.34. The van der Waals surface area contributed by atoms with Crippen molar-refractivity contribution in [3.63, 3.8) is 0 Å². The first kappa shape index (κ1) is 11.4. The van der Waals surface area contributed by atoms with Crippen LogP contribution in [0.4, 0.5) is 0 Å². The van der Waals surface area contributed by atoms with Crippen molar-refractivity contribution in [1.82, 2.24) is 4.90 Å². The molecule has 2 N–H and O–H groups in total. The molecule has 3 rings (SSSR count). The van der Waals surface area contributed by atoms with Crippen LogP contribution < -0.4 is 5.73 Å². The van der Waals surface area contributed by atoms with E-state index in [1.54, 1.807) is 0 Å². The zero-order valence-corrected chi connectivity index (χ0v) is 11.0. The SMILES string of the molecule is CCC1CCCC2(CC1)CN=C(N)N2C1CC1. The molecule has 1 aliphatic heterocycles. The fraction of sp³-hybridized carbons (Fsp3) is 0.929. The van der Waals surface area contributed by atoms with Gasteiger partial charge >= 0.3 is 0 Å². The molecule has 0 amide bonds. The van der Waals surface area contributed by atoms with Crippen LogP contribution in [0.5, 0.6) is 0 Å². The smallest absolute Gasteiger partial charge is 0.192 e. The van der Waals surface area contributed by atoms with E-state index < -0.39 is 0 Å². The molecule has 2 aliphatic carbocycles. The highest BCUT2D eigenvalue weighted by molar-refractivity contribution is 5.81. The number of guanidine groups is 1. The highest BCUT2D eigenvalue weighted by atomic mass is 15.4. The third-order valence-corrected chi connectivity index (χ3v) is 5.06. The molecule has 17 heavy (non-hydrogen) atoms. The quantitative estimate of drug-likeness (QED) is 0.799. The van der Waals surface area contributed by atoms with Gasteiger partial charge in [-0.15, -0.1) is 0 Å². The van der Waals surface area contributed by atoms with E-state index in [2.05, 4.69) is 16.8 Å². The number of aliphatic imine (C=N–C) groups is 1. The fourth-order valence-corrected chi connectivity index (χ4v) is 3.80. The summed E-state index contributed by atoms with van der Waals surface area (Å²) in [5, 5.41) is 0. The maximum absolute atomic E-state index is 6.12. The molecule has 1 heterocycles. The van der Waals surface area contributed by atoms with Crippen molar-refractivity contribution in [3.05, 3.63) is 0 Å². The van der Waals surface area contributed by atoms with Gasteiger partial charge in [-0.05, 0) is 38.0 Å². The molecule has 3 heteroatoms. The summed E-state index contributed by atoms with van der Waals surface area (Å²) in [5.74, 6) is 1.78. The predicted octanol–water partition coefficient (Wildman–Crippen LogP) is 2.51. The van der Waals surface area contributed by atoms with Gasteiger partial charge in [0.15, 0.2) is 5.96 Å². The van der Waals surface area contributed by atoms with Crippen molar-refractivity contribution in [1.29, 1.82) is 0 Å². The van der Waals surface area contributed by atoms with Crippen molar-refractivity contribution in [2.45, 2.75) is 69.9 Å². The maximum atomic E-state index is 6.12. The fourth-order valence-electron chi connectivity index (χ4n) is 3.80. The second-order valence-electron chi connectivity index (χ2n) is 6.21. The lowest BCUT2D eigenvalue weighted by atomic mass is 9.88. The average Bonchev–Trinajstić information content (AvgIpc) is 3.11. The number of hydrogen-bond acceptors (Lipinski definition) is 3. The number of nitrogens with two attached hydrogens (primary N) is 1. The van der Waals surface area contributed by atoms with E-state index in [4.69, 9.17) is 5.73 Å². The second-order valence-corrected chi connectivity index (χ2v) is 6.21. The van der Waals surface area contributed by atoms with Crippen LogP contribution >= 0.6 is 0 Å². The third kappa shape index (κ3) is 1.94. The van der Waals surface area contributed by atoms with Crippen LogP contribution in [0.1, 0.15) is 58.3 Å². The van der Waals surface area contributed by atoms with Gasteiger partial charge in [0.2, 0.25) is 0 Å². The van der Waals surface area contributed by atoms with Crippen molar-refractivity contribution in [2.24, 2.45) is 16.6 Å². The van der Waals surface area contributed by atoms with E-state index >= 15 is 0 Å². The normalized spacial score (nSPS) is 38.3. The first-order chi connectivity index (χ1) is 8.25. The molecule has 2 unspecified atom stereocenters. The zero-order chi connectivity index (χ0) is 11.9. The molecule has 96 valence electrons. The lowest BCUT2D eigenvalue weighted by Gasteiger charge is -2.39. The standard InChI is InChI=1S/C14H25N3/c1-2-11-4-3-8-14(9-7-11)10-16-13(15)17(14)12-5-6-12/h11-12H,2-10H2,1H3,(H2,15,16). The monoisotopic (exact) mass is 235 g/mol. The summed E-state index contributed by atoms with van der Waals surface area (Å²) in [6.45, 7) is 3.30. The molecule has 0 radical (unpaired) electrons. The van der Waals surface area contributed by atoms with E-state index in [9.17, 15) is 0 Å². The minimum Gasteiger partial charge on any atom is -0.370 e. The lowest BCUT2D eigenvalue weighted by Crippen LogP contribution is -2.52. The first-order valence-electron chi connectivity index (χ1n) is 7.34. The summed E-state index contributed by atoms with van der Waals surface area (Å²) in [6, 6.07) is 0.722. The summed E-state index contributed by atoms with van der Waals surface area (Å²) in [5.41, 5.74) is 6.43. The van der Waals surface area contributed by atoms with E-state index in [0.717, 1.165) is 24.5 Å². The molecule has 0 aromatic rings. The summed E-state index contributed by atoms with van der Waals surface area (Å²) in [6.07, 6.45) is 10.8. The Bertz CT molecular complexity index is 321.